The number of rotatable bonds is 4. The lowest BCUT2D eigenvalue weighted by Crippen LogP contribution is -2.19. The van der Waals surface area contributed by atoms with Gasteiger partial charge in [0.25, 0.3) is 5.91 Å². The highest BCUT2D eigenvalue weighted by Gasteiger charge is 2.30. The van der Waals surface area contributed by atoms with E-state index in [2.05, 4.69) is 25.5 Å². The third-order valence-electron chi connectivity index (χ3n) is 3.56. The molecule has 0 atom stereocenters. The van der Waals surface area contributed by atoms with Gasteiger partial charge in [0.05, 0.1) is 11.8 Å². The van der Waals surface area contributed by atoms with Gasteiger partial charge in [-0.1, -0.05) is 29.8 Å². The SMILES string of the molecule is O=C(NN=Cc1cccc(C(F)(F)F)c1)c1c(O)nc(-c2ccccn2)nc1Cl. The Morgan fingerprint density at radius 1 is 1.17 bits per heavy atom. The Labute approximate surface area is 166 Å². The van der Waals surface area contributed by atoms with Crippen LogP contribution in [-0.4, -0.2) is 32.2 Å². The van der Waals surface area contributed by atoms with Crippen molar-refractivity contribution in [3.8, 4) is 17.4 Å². The number of carbonyl (C=O) groups excluding carboxylic acids is 1. The van der Waals surface area contributed by atoms with Gasteiger partial charge in [0.2, 0.25) is 5.88 Å². The van der Waals surface area contributed by atoms with Crippen LogP contribution in [0.3, 0.4) is 0 Å². The predicted molar refractivity (Wildman–Crippen MR) is 98.4 cm³/mol. The minimum Gasteiger partial charge on any atom is -0.493 e. The monoisotopic (exact) mass is 421 g/mol. The van der Waals surface area contributed by atoms with Crippen LogP contribution in [-0.2, 0) is 6.18 Å². The molecule has 3 aromatic rings. The first-order valence-electron chi connectivity index (χ1n) is 7.94. The Bertz CT molecular complexity index is 1050. The number of hydrogen-bond acceptors (Lipinski definition) is 6. The molecule has 2 aromatic heterocycles. The van der Waals surface area contributed by atoms with Crippen molar-refractivity contribution in [1.29, 1.82) is 0 Å². The summed E-state index contributed by atoms with van der Waals surface area (Å²) < 4.78 is 38.1. The van der Waals surface area contributed by atoms with Crippen molar-refractivity contribution < 1.29 is 23.1 Å². The average molecular weight is 422 g/mol. The molecule has 0 aliphatic rings. The van der Waals surface area contributed by atoms with E-state index >= 15 is 0 Å². The van der Waals surface area contributed by atoms with Crippen molar-refractivity contribution in [2.24, 2.45) is 5.10 Å². The topological polar surface area (TPSA) is 100 Å². The summed E-state index contributed by atoms with van der Waals surface area (Å²) in [6.45, 7) is 0. The van der Waals surface area contributed by atoms with Crippen molar-refractivity contribution in [3.05, 3.63) is 70.5 Å². The molecule has 0 spiro atoms. The molecule has 2 heterocycles. The summed E-state index contributed by atoms with van der Waals surface area (Å²) >= 11 is 5.97. The Balaban J connectivity index is 1.77. The summed E-state index contributed by atoms with van der Waals surface area (Å²) in [6, 6.07) is 9.30. The van der Waals surface area contributed by atoms with Crippen molar-refractivity contribution in [2.45, 2.75) is 6.18 Å². The molecule has 1 aromatic carbocycles. The molecule has 0 saturated carbocycles. The number of pyridine rings is 1. The lowest BCUT2D eigenvalue weighted by Gasteiger charge is -2.07. The van der Waals surface area contributed by atoms with E-state index in [-0.39, 0.29) is 16.5 Å². The zero-order chi connectivity index (χ0) is 21.0. The maximum absolute atomic E-state index is 12.7. The summed E-state index contributed by atoms with van der Waals surface area (Å²) in [5.41, 5.74) is 1.20. The van der Waals surface area contributed by atoms with Crippen molar-refractivity contribution in [3.63, 3.8) is 0 Å². The number of halogens is 4. The standard InChI is InChI=1S/C18H11ClF3N5O2/c19-14-13(16(28)26-15(25-14)12-6-1-2-7-23-12)17(29)27-24-9-10-4-3-5-11(8-10)18(20,21)22/h1-9H,(H,27,29)(H,25,26,28). The summed E-state index contributed by atoms with van der Waals surface area (Å²) in [5.74, 6) is -1.63. The van der Waals surface area contributed by atoms with Gasteiger partial charge in [-0.2, -0.15) is 23.3 Å². The fourth-order valence-corrected chi connectivity index (χ4v) is 2.49. The van der Waals surface area contributed by atoms with Crippen LogP contribution in [0.4, 0.5) is 13.2 Å². The molecule has 1 amide bonds. The number of nitrogens with zero attached hydrogens (tertiary/aromatic N) is 4. The second-order valence-electron chi connectivity index (χ2n) is 5.57. The number of alkyl halides is 3. The molecular weight excluding hydrogens is 411 g/mol. The number of amides is 1. The fraction of sp³-hybridized carbons (Fsp3) is 0.0556. The highest BCUT2D eigenvalue weighted by molar-refractivity contribution is 6.33. The third kappa shape index (κ3) is 4.85. The molecule has 3 rings (SSSR count). The quantitative estimate of drug-likeness (QED) is 0.380. The minimum absolute atomic E-state index is 0.0112. The maximum Gasteiger partial charge on any atom is 0.416 e. The van der Waals surface area contributed by atoms with Gasteiger partial charge in [-0.25, -0.2) is 10.4 Å². The highest BCUT2D eigenvalue weighted by Crippen LogP contribution is 2.29. The van der Waals surface area contributed by atoms with E-state index in [1.807, 2.05) is 0 Å². The van der Waals surface area contributed by atoms with E-state index in [4.69, 9.17) is 11.6 Å². The van der Waals surface area contributed by atoms with Gasteiger partial charge < -0.3 is 5.11 Å². The third-order valence-corrected chi connectivity index (χ3v) is 3.83. The summed E-state index contributed by atoms with van der Waals surface area (Å²) in [4.78, 5) is 23.9. The zero-order valence-corrected chi connectivity index (χ0v) is 15.1. The Hall–Kier alpha value is -3.53. The summed E-state index contributed by atoms with van der Waals surface area (Å²) in [6.07, 6.45) is -1.99. The molecule has 2 N–H and O–H groups in total. The molecule has 29 heavy (non-hydrogen) atoms. The Kier molecular flexibility index (Phi) is 5.74. The van der Waals surface area contributed by atoms with Crippen LogP contribution in [0.25, 0.3) is 11.5 Å². The molecule has 0 unspecified atom stereocenters. The molecule has 11 heteroatoms. The normalized spacial score (nSPS) is 11.6. The lowest BCUT2D eigenvalue weighted by atomic mass is 10.1. The second-order valence-corrected chi connectivity index (χ2v) is 5.93. The van der Waals surface area contributed by atoms with E-state index in [9.17, 15) is 23.1 Å². The van der Waals surface area contributed by atoms with Crippen LogP contribution in [0.5, 0.6) is 5.88 Å². The first-order valence-corrected chi connectivity index (χ1v) is 8.32. The average Bonchev–Trinajstić information content (AvgIpc) is 2.68. The number of hydrogen-bond donors (Lipinski definition) is 2. The molecule has 7 nitrogen and oxygen atoms in total. The number of benzene rings is 1. The molecule has 0 fully saturated rings. The van der Waals surface area contributed by atoms with Crippen molar-refractivity contribution >= 4 is 23.7 Å². The van der Waals surface area contributed by atoms with Gasteiger partial charge in [-0.15, -0.1) is 0 Å². The summed E-state index contributed by atoms with van der Waals surface area (Å²) in [5, 5.41) is 13.3. The smallest absolute Gasteiger partial charge is 0.416 e. The van der Waals surface area contributed by atoms with Crippen molar-refractivity contribution in [1.82, 2.24) is 20.4 Å². The maximum atomic E-state index is 12.7. The molecule has 0 radical (unpaired) electrons. The number of carbonyl (C=O) groups is 1. The Morgan fingerprint density at radius 3 is 2.62 bits per heavy atom. The van der Waals surface area contributed by atoms with E-state index in [1.54, 1.807) is 18.2 Å². The van der Waals surface area contributed by atoms with Crippen LogP contribution < -0.4 is 5.43 Å². The van der Waals surface area contributed by atoms with Crippen molar-refractivity contribution in [2.75, 3.05) is 0 Å². The van der Waals surface area contributed by atoms with Crippen LogP contribution in [0.15, 0.2) is 53.8 Å². The Morgan fingerprint density at radius 2 is 1.97 bits per heavy atom. The van der Waals surface area contributed by atoms with E-state index in [0.717, 1.165) is 18.3 Å². The molecule has 148 valence electrons. The van der Waals surface area contributed by atoms with Gasteiger partial charge in [0, 0.05) is 6.20 Å². The molecular formula is C18H11ClF3N5O2. The number of nitrogens with one attached hydrogen (secondary N) is 1. The minimum atomic E-state index is -4.50. The fourth-order valence-electron chi connectivity index (χ4n) is 2.24. The van der Waals surface area contributed by atoms with E-state index < -0.39 is 29.1 Å². The number of aromatic hydroxyl groups is 1. The molecule has 0 saturated heterocycles. The van der Waals surface area contributed by atoms with Gasteiger partial charge in [-0.05, 0) is 29.8 Å². The largest absolute Gasteiger partial charge is 0.493 e. The lowest BCUT2D eigenvalue weighted by molar-refractivity contribution is -0.137. The summed E-state index contributed by atoms with van der Waals surface area (Å²) in [7, 11) is 0. The number of hydrazone groups is 1. The van der Waals surface area contributed by atoms with Gasteiger partial charge >= 0.3 is 6.18 Å². The van der Waals surface area contributed by atoms with Crippen LogP contribution in [0.2, 0.25) is 5.15 Å². The van der Waals surface area contributed by atoms with Crippen LogP contribution in [0, 0.1) is 0 Å². The zero-order valence-electron chi connectivity index (χ0n) is 14.4. The van der Waals surface area contributed by atoms with E-state index in [0.29, 0.717) is 5.69 Å². The van der Waals surface area contributed by atoms with Gasteiger partial charge in [-0.3, -0.25) is 9.78 Å². The molecule has 0 aliphatic carbocycles. The first kappa shape index (κ1) is 20.2. The van der Waals surface area contributed by atoms with Crippen LogP contribution in [0.1, 0.15) is 21.5 Å². The molecule has 0 bridgehead atoms. The van der Waals surface area contributed by atoms with E-state index in [1.165, 1.54) is 18.3 Å². The first-order chi connectivity index (χ1) is 13.8. The number of aromatic nitrogens is 3. The predicted octanol–water partition coefficient (Wildman–Crippen LogP) is 3.68. The van der Waals surface area contributed by atoms with Crippen LogP contribution >= 0.6 is 11.6 Å². The highest BCUT2D eigenvalue weighted by atomic mass is 35.5. The van der Waals surface area contributed by atoms with Gasteiger partial charge in [0.1, 0.15) is 16.4 Å². The van der Waals surface area contributed by atoms with Gasteiger partial charge in [0.15, 0.2) is 5.82 Å². The second kappa shape index (κ2) is 8.23. The molecule has 0 aliphatic heterocycles.